The van der Waals surface area contributed by atoms with E-state index in [9.17, 15) is 0 Å². The smallest absolute Gasteiger partial charge is 0.0475 e. The van der Waals surface area contributed by atoms with E-state index in [4.69, 9.17) is 10.6 Å². The van der Waals surface area contributed by atoms with Gasteiger partial charge in [0.05, 0.1) is 0 Å². The number of unbranched alkanes of at least 4 members (excludes halogenated alkanes) is 1. The van der Waals surface area contributed by atoms with Gasteiger partial charge in [-0.25, -0.2) is 0 Å². The first-order chi connectivity index (χ1) is 9.40. The van der Waals surface area contributed by atoms with Gasteiger partial charge in [0.2, 0.25) is 0 Å². The Hall–Kier alpha value is -0.970. The minimum absolute atomic E-state index is 0.225. The van der Waals surface area contributed by atoms with Crippen molar-refractivity contribution in [3.05, 3.63) is 30.1 Å². The molecule has 0 aliphatic carbocycles. The van der Waals surface area contributed by atoms with Crippen molar-refractivity contribution in [2.24, 2.45) is 11.8 Å². The maximum atomic E-state index is 5.64. The van der Waals surface area contributed by atoms with Crippen LogP contribution in [0.2, 0.25) is 0 Å². The van der Waals surface area contributed by atoms with Crippen LogP contribution in [0.25, 0.3) is 0 Å². The quantitative estimate of drug-likeness (QED) is 0.451. The number of aromatic nitrogens is 1. The van der Waals surface area contributed by atoms with Crippen molar-refractivity contribution in [3.8, 4) is 0 Å². The third kappa shape index (κ3) is 4.90. The molecule has 106 valence electrons. The van der Waals surface area contributed by atoms with Crippen LogP contribution >= 0.6 is 0 Å². The highest BCUT2D eigenvalue weighted by Gasteiger charge is 2.14. The third-order valence-electron chi connectivity index (χ3n) is 3.98. The van der Waals surface area contributed by atoms with Gasteiger partial charge in [-0.2, -0.15) is 0 Å². The first kappa shape index (κ1) is 14.4. The topological polar surface area (TPSA) is 60.2 Å². The molecule has 1 saturated heterocycles. The third-order valence-corrected chi connectivity index (χ3v) is 3.98. The van der Waals surface area contributed by atoms with E-state index in [-0.39, 0.29) is 6.04 Å². The predicted molar refractivity (Wildman–Crippen MR) is 76.3 cm³/mol. The monoisotopic (exact) mass is 263 g/mol. The van der Waals surface area contributed by atoms with Crippen LogP contribution in [0, 0.1) is 5.92 Å². The minimum Gasteiger partial charge on any atom is -0.381 e. The highest BCUT2D eigenvalue weighted by molar-refractivity contribution is 5.13. The van der Waals surface area contributed by atoms with Gasteiger partial charge in [0.25, 0.3) is 0 Å². The predicted octanol–water partition coefficient (Wildman–Crippen LogP) is 2.57. The number of nitrogens with one attached hydrogen (secondary N) is 1. The summed E-state index contributed by atoms with van der Waals surface area (Å²) in [5, 5.41) is 0. The van der Waals surface area contributed by atoms with Crippen LogP contribution in [-0.2, 0) is 4.74 Å². The maximum Gasteiger partial charge on any atom is 0.0475 e. The molecule has 0 bridgehead atoms. The maximum absolute atomic E-state index is 5.64. The lowest BCUT2D eigenvalue weighted by Gasteiger charge is -2.22. The molecular weight excluding hydrogens is 238 g/mol. The Balaban J connectivity index is 1.66. The molecule has 4 nitrogen and oxygen atoms in total. The summed E-state index contributed by atoms with van der Waals surface area (Å²) < 4.78 is 5.39. The first-order valence-corrected chi connectivity index (χ1v) is 7.34. The zero-order valence-electron chi connectivity index (χ0n) is 11.6. The van der Waals surface area contributed by atoms with Crippen molar-refractivity contribution in [1.82, 2.24) is 10.4 Å². The summed E-state index contributed by atoms with van der Waals surface area (Å²) >= 11 is 0. The number of hydrogen-bond acceptors (Lipinski definition) is 4. The van der Waals surface area contributed by atoms with Crippen molar-refractivity contribution in [3.63, 3.8) is 0 Å². The highest BCUT2D eigenvalue weighted by Crippen LogP contribution is 2.23. The van der Waals surface area contributed by atoms with E-state index in [1.54, 1.807) is 6.20 Å². The molecule has 2 rings (SSSR count). The van der Waals surface area contributed by atoms with Crippen molar-refractivity contribution in [1.29, 1.82) is 0 Å². The largest absolute Gasteiger partial charge is 0.381 e. The Morgan fingerprint density at radius 3 is 2.89 bits per heavy atom. The van der Waals surface area contributed by atoms with Crippen molar-refractivity contribution in [2.75, 3.05) is 13.2 Å². The molecule has 0 saturated carbocycles. The summed E-state index contributed by atoms with van der Waals surface area (Å²) in [5.41, 5.74) is 4.07. The molecule has 4 heteroatoms. The molecular formula is C15H25N3O. The normalized spacial score (nSPS) is 18.4. The highest BCUT2D eigenvalue weighted by atomic mass is 16.5. The van der Waals surface area contributed by atoms with Gasteiger partial charge < -0.3 is 4.74 Å². The van der Waals surface area contributed by atoms with Gasteiger partial charge in [-0.15, -0.1) is 0 Å². The molecule has 1 fully saturated rings. The summed E-state index contributed by atoms with van der Waals surface area (Å²) in [6.07, 6.45) is 11.1. The van der Waals surface area contributed by atoms with Crippen LogP contribution in [0.15, 0.2) is 24.5 Å². The lowest BCUT2D eigenvalue weighted by molar-refractivity contribution is 0.0630. The van der Waals surface area contributed by atoms with Crippen molar-refractivity contribution >= 4 is 0 Å². The number of pyridine rings is 1. The van der Waals surface area contributed by atoms with Gasteiger partial charge in [-0.3, -0.25) is 16.3 Å². The van der Waals surface area contributed by atoms with Gasteiger partial charge in [0, 0.05) is 31.6 Å². The van der Waals surface area contributed by atoms with E-state index in [2.05, 4.69) is 16.5 Å². The molecule has 1 atom stereocenters. The van der Waals surface area contributed by atoms with E-state index in [1.807, 2.05) is 12.3 Å². The number of rotatable bonds is 7. The van der Waals surface area contributed by atoms with Crippen LogP contribution in [0.4, 0.5) is 0 Å². The fraction of sp³-hybridized carbons (Fsp3) is 0.667. The summed E-state index contributed by atoms with van der Waals surface area (Å²) in [4.78, 5) is 4.15. The van der Waals surface area contributed by atoms with E-state index in [1.165, 1.54) is 37.7 Å². The summed E-state index contributed by atoms with van der Waals surface area (Å²) in [6.45, 7) is 1.90. The molecule has 0 spiro atoms. The molecule has 0 amide bonds. The number of hydrazine groups is 1. The average Bonchev–Trinajstić information content (AvgIpc) is 2.49. The summed E-state index contributed by atoms with van der Waals surface area (Å²) in [6, 6.07) is 4.26. The van der Waals surface area contributed by atoms with E-state index in [0.29, 0.717) is 0 Å². The van der Waals surface area contributed by atoms with Gasteiger partial charge >= 0.3 is 0 Å². The molecule has 1 aromatic rings. The number of nitrogens with two attached hydrogens (primary N) is 1. The Labute approximate surface area is 115 Å². The van der Waals surface area contributed by atoms with Crippen molar-refractivity contribution < 1.29 is 4.74 Å². The standard InChI is InChI=1S/C15H25N3O/c16-18-15(14-5-3-9-17-12-14)6-2-1-4-13-7-10-19-11-8-13/h3,5,9,12-13,15,18H,1-2,4,6-8,10-11,16H2. The van der Waals surface area contributed by atoms with Gasteiger partial charge in [0.15, 0.2) is 0 Å². The van der Waals surface area contributed by atoms with E-state index in [0.717, 1.165) is 25.6 Å². The SMILES string of the molecule is NNC(CCCCC1CCOCC1)c1cccnc1. The van der Waals surface area contributed by atoms with Crippen LogP contribution in [-0.4, -0.2) is 18.2 Å². The molecule has 3 N–H and O–H groups in total. The second-order valence-electron chi connectivity index (χ2n) is 5.35. The molecule has 19 heavy (non-hydrogen) atoms. The molecule has 1 unspecified atom stereocenters. The second kappa shape index (κ2) is 8.25. The minimum atomic E-state index is 0.225. The van der Waals surface area contributed by atoms with Crippen LogP contribution in [0.1, 0.15) is 50.1 Å². The van der Waals surface area contributed by atoms with Crippen LogP contribution in [0.3, 0.4) is 0 Å². The molecule has 2 heterocycles. The first-order valence-electron chi connectivity index (χ1n) is 7.34. The summed E-state index contributed by atoms with van der Waals surface area (Å²) in [7, 11) is 0. The molecule has 0 aromatic carbocycles. The Morgan fingerprint density at radius 1 is 1.37 bits per heavy atom. The van der Waals surface area contributed by atoms with Gasteiger partial charge in [0.1, 0.15) is 0 Å². The second-order valence-corrected chi connectivity index (χ2v) is 5.35. The average molecular weight is 263 g/mol. The van der Waals surface area contributed by atoms with Crippen LogP contribution < -0.4 is 11.3 Å². The fourth-order valence-electron chi connectivity index (χ4n) is 2.74. The number of ether oxygens (including phenoxy) is 1. The van der Waals surface area contributed by atoms with E-state index >= 15 is 0 Å². The Bertz CT molecular complexity index is 339. The van der Waals surface area contributed by atoms with Gasteiger partial charge in [-0.05, 0) is 36.8 Å². The molecule has 1 aliphatic rings. The molecule has 1 aliphatic heterocycles. The van der Waals surface area contributed by atoms with Gasteiger partial charge in [-0.1, -0.05) is 25.3 Å². The van der Waals surface area contributed by atoms with E-state index < -0.39 is 0 Å². The van der Waals surface area contributed by atoms with Crippen LogP contribution in [0.5, 0.6) is 0 Å². The number of hydrogen-bond donors (Lipinski definition) is 2. The lowest BCUT2D eigenvalue weighted by atomic mass is 9.93. The zero-order valence-corrected chi connectivity index (χ0v) is 11.6. The molecule has 1 aromatic heterocycles. The zero-order chi connectivity index (χ0) is 13.3. The Kier molecular flexibility index (Phi) is 6.27. The fourth-order valence-corrected chi connectivity index (χ4v) is 2.74. The molecule has 0 radical (unpaired) electrons. The number of nitrogens with zero attached hydrogens (tertiary/aromatic N) is 1. The summed E-state index contributed by atoms with van der Waals surface area (Å²) in [5.74, 6) is 6.51. The van der Waals surface area contributed by atoms with Crippen molar-refractivity contribution in [2.45, 2.75) is 44.6 Å². The Morgan fingerprint density at radius 2 is 2.21 bits per heavy atom. The lowest BCUT2D eigenvalue weighted by Crippen LogP contribution is -2.28.